The second-order valence-electron chi connectivity index (χ2n) is 4.95. The molecular weight excluding hydrogens is 287 g/mol. The molecule has 5 heteroatoms. The van der Waals surface area contributed by atoms with Crippen LogP contribution in [0.25, 0.3) is 0 Å². The lowest BCUT2D eigenvalue weighted by Crippen LogP contribution is -2.08. The molecule has 0 atom stereocenters. The Bertz CT molecular complexity index is 710. The SMILES string of the molecule is COc1cccc(C(=O)O)c1COc1cc(F)c(C)cc1C. The zero-order chi connectivity index (χ0) is 16.3. The fourth-order valence-corrected chi connectivity index (χ4v) is 2.22. The first kappa shape index (κ1) is 15.8. The molecule has 0 saturated heterocycles. The molecule has 0 bridgehead atoms. The Hall–Kier alpha value is -2.56. The molecule has 0 fully saturated rings. The number of methoxy groups -OCH3 is 1. The number of carbonyl (C=O) groups is 1. The molecule has 4 nitrogen and oxygen atoms in total. The minimum absolute atomic E-state index is 0.0189. The number of halogens is 1. The van der Waals surface area contributed by atoms with E-state index in [2.05, 4.69) is 0 Å². The highest BCUT2D eigenvalue weighted by molar-refractivity contribution is 5.90. The van der Waals surface area contributed by atoms with Crippen LogP contribution in [0.3, 0.4) is 0 Å². The van der Waals surface area contributed by atoms with Crippen LogP contribution in [0.4, 0.5) is 4.39 Å². The van der Waals surface area contributed by atoms with E-state index >= 15 is 0 Å². The third-order valence-electron chi connectivity index (χ3n) is 3.41. The van der Waals surface area contributed by atoms with Crippen molar-refractivity contribution in [2.24, 2.45) is 0 Å². The highest BCUT2D eigenvalue weighted by Gasteiger charge is 2.16. The van der Waals surface area contributed by atoms with Crippen molar-refractivity contribution in [2.45, 2.75) is 20.5 Å². The van der Waals surface area contributed by atoms with Gasteiger partial charge < -0.3 is 14.6 Å². The summed E-state index contributed by atoms with van der Waals surface area (Å²) in [6.45, 7) is 3.46. The second-order valence-corrected chi connectivity index (χ2v) is 4.95. The molecule has 0 aliphatic carbocycles. The summed E-state index contributed by atoms with van der Waals surface area (Å²) in [5.74, 6) is -0.626. The smallest absolute Gasteiger partial charge is 0.336 e. The van der Waals surface area contributed by atoms with Crippen molar-refractivity contribution in [3.05, 3.63) is 58.4 Å². The maximum absolute atomic E-state index is 13.6. The Morgan fingerprint density at radius 2 is 1.91 bits per heavy atom. The van der Waals surface area contributed by atoms with Crippen LogP contribution in [0.15, 0.2) is 30.3 Å². The number of hydrogen-bond donors (Lipinski definition) is 1. The van der Waals surface area contributed by atoms with E-state index in [1.54, 1.807) is 25.1 Å². The fourth-order valence-electron chi connectivity index (χ4n) is 2.22. The summed E-state index contributed by atoms with van der Waals surface area (Å²) < 4.78 is 24.4. The number of ether oxygens (including phenoxy) is 2. The maximum atomic E-state index is 13.6. The molecule has 0 amide bonds. The van der Waals surface area contributed by atoms with Gasteiger partial charge in [0.1, 0.15) is 23.9 Å². The van der Waals surface area contributed by atoms with E-state index in [9.17, 15) is 14.3 Å². The fraction of sp³-hybridized carbons (Fsp3) is 0.235. The molecule has 0 aromatic heterocycles. The Balaban J connectivity index is 2.32. The van der Waals surface area contributed by atoms with Crippen LogP contribution >= 0.6 is 0 Å². The van der Waals surface area contributed by atoms with Crippen LogP contribution in [0.1, 0.15) is 27.0 Å². The zero-order valence-electron chi connectivity index (χ0n) is 12.6. The van der Waals surface area contributed by atoms with E-state index < -0.39 is 5.97 Å². The molecule has 0 unspecified atom stereocenters. The summed E-state index contributed by atoms with van der Waals surface area (Å²) in [6, 6.07) is 7.73. The first-order valence-electron chi connectivity index (χ1n) is 6.72. The van der Waals surface area contributed by atoms with E-state index in [0.29, 0.717) is 22.6 Å². The van der Waals surface area contributed by atoms with Crippen molar-refractivity contribution in [3.63, 3.8) is 0 Å². The number of hydrogen-bond acceptors (Lipinski definition) is 3. The largest absolute Gasteiger partial charge is 0.496 e. The van der Waals surface area contributed by atoms with Gasteiger partial charge in [-0.3, -0.25) is 0 Å². The number of aryl methyl sites for hydroxylation is 2. The van der Waals surface area contributed by atoms with E-state index in [-0.39, 0.29) is 18.0 Å². The molecule has 0 heterocycles. The normalized spacial score (nSPS) is 10.4. The summed E-state index contributed by atoms with van der Waals surface area (Å²) in [6.07, 6.45) is 0. The summed E-state index contributed by atoms with van der Waals surface area (Å²) in [4.78, 5) is 11.3. The molecule has 2 aromatic carbocycles. The molecule has 0 aliphatic heterocycles. The first-order valence-corrected chi connectivity index (χ1v) is 6.72. The minimum atomic E-state index is -1.07. The molecule has 1 N–H and O–H groups in total. The van der Waals surface area contributed by atoms with Crippen molar-refractivity contribution < 1.29 is 23.8 Å². The molecule has 0 saturated carbocycles. The Labute approximate surface area is 128 Å². The van der Waals surface area contributed by atoms with Crippen molar-refractivity contribution in [3.8, 4) is 11.5 Å². The van der Waals surface area contributed by atoms with Gasteiger partial charge >= 0.3 is 5.97 Å². The third kappa shape index (κ3) is 3.19. The highest BCUT2D eigenvalue weighted by Crippen LogP contribution is 2.27. The van der Waals surface area contributed by atoms with Crippen molar-refractivity contribution in [1.82, 2.24) is 0 Å². The average Bonchev–Trinajstić information content (AvgIpc) is 2.49. The van der Waals surface area contributed by atoms with Crippen molar-refractivity contribution >= 4 is 5.97 Å². The number of benzene rings is 2. The molecular formula is C17H17FO4. The van der Waals surface area contributed by atoms with Crippen LogP contribution in [-0.4, -0.2) is 18.2 Å². The standard InChI is InChI=1S/C17H17FO4/c1-10-7-11(2)16(8-14(10)18)22-9-13-12(17(19)20)5-4-6-15(13)21-3/h4-8H,9H2,1-3H3,(H,19,20). The van der Waals surface area contributed by atoms with E-state index in [1.807, 2.05) is 6.92 Å². The van der Waals surface area contributed by atoms with Crippen LogP contribution in [0.5, 0.6) is 11.5 Å². The predicted octanol–water partition coefficient (Wildman–Crippen LogP) is 3.73. The van der Waals surface area contributed by atoms with Crippen LogP contribution in [-0.2, 0) is 6.61 Å². The van der Waals surface area contributed by atoms with Gasteiger partial charge in [0.2, 0.25) is 0 Å². The molecule has 116 valence electrons. The van der Waals surface area contributed by atoms with Gasteiger partial charge in [-0.05, 0) is 43.2 Å². The second kappa shape index (κ2) is 6.47. The highest BCUT2D eigenvalue weighted by atomic mass is 19.1. The van der Waals surface area contributed by atoms with Gasteiger partial charge in [-0.2, -0.15) is 0 Å². The summed E-state index contributed by atoms with van der Waals surface area (Å²) in [5, 5.41) is 9.25. The maximum Gasteiger partial charge on any atom is 0.336 e. The molecule has 22 heavy (non-hydrogen) atoms. The molecule has 2 rings (SSSR count). The minimum Gasteiger partial charge on any atom is -0.496 e. The first-order chi connectivity index (χ1) is 10.4. The topological polar surface area (TPSA) is 55.8 Å². The molecule has 0 aliphatic rings. The summed E-state index contributed by atoms with van der Waals surface area (Å²) in [5.41, 5.74) is 1.83. The van der Waals surface area contributed by atoms with Crippen molar-refractivity contribution in [2.75, 3.05) is 7.11 Å². The van der Waals surface area contributed by atoms with E-state index in [0.717, 1.165) is 5.56 Å². The van der Waals surface area contributed by atoms with Crippen LogP contribution in [0.2, 0.25) is 0 Å². The lowest BCUT2D eigenvalue weighted by atomic mass is 10.1. The Morgan fingerprint density at radius 1 is 1.18 bits per heavy atom. The van der Waals surface area contributed by atoms with Gasteiger partial charge in [-0.25, -0.2) is 9.18 Å². The summed E-state index contributed by atoms with van der Waals surface area (Å²) in [7, 11) is 1.46. The van der Waals surface area contributed by atoms with E-state index in [4.69, 9.17) is 9.47 Å². The quantitative estimate of drug-likeness (QED) is 0.914. The van der Waals surface area contributed by atoms with Gasteiger partial charge in [-0.1, -0.05) is 6.07 Å². The number of carboxylic acids is 1. The monoisotopic (exact) mass is 304 g/mol. The lowest BCUT2D eigenvalue weighted by Gasteiger charge is -2.14. The van der Waals surface area contributed by atoms with Crippen LogP contribution < -0.4 is 9.47 Å². The van der Waals surface area contributed by atoms with E-state index in [1.165, 1.54) is 19.2 Å². The Morgan fingerprint density at radius 3 is 2.55 bits per heavy atom. The third-order valence-corrected chi connectivity index (χ3v) is 3.41. The van der Waals surface area contributed by atoms with Gasteiger partial charge in [0, 0.05) is 11.6 Å². The lowest BCUT2D eigenvalue weighted by molar-refractivity contribution is 0.0693. The van der Waals surface area contributed by atoms with Gasteiger partial charge in [0.05, 0.1) is 12.7 Å². The zero-order valence-corrected chi connectivity index (χ0v) is 12.6. The molecule has 2 aromatic rings. The van der Waals surface area contributed by atoms with Gasteiger partial charge in [-0.15, -0.1) is 0 Å². The van der Waals surface area contributed by atoms with Gasteiger partial charge in [0.15, 0.2) is 0 Å². The number of carboxylic acid groups (broad SMARTS) is 1. The number of rotatable bonds is 5. The Kier molecular flexibility index (Phi) is 4.65. The predicted molar refractivity (Wildman–Crippen MR) is 80.2 cm³/mol. The van der Waals surface area contributed by atoms with Gasteiger partial charge in [0.25, 0.3) is 0 Å². The van der Waals surface area contributed by atoms with Crippen LogP contribution in [0, 0.1) is 19.7 Å². The molecule has 0 radical (unpaired) electrons. The average molecular weight is 304 g/mol. The number of aromatic carboxylic acids is 1. The summed E-state index contributed by atoms with van der Waals surface area (Å²) >= 11 is 0. The van der Waals surface area contributed by atoms with Crippen molar-refractivity contribution in [1.29, 1.82) is 0 Å². The molecule has 0 spiro atoms.